The number of hydrogen-bond acceptors (Lipinski definition) is 4. The molecule has 0 saturated heterocycles. The molecular formula is C11H18O4. The zero-order valence-corrected chi connectivity index (χ0v) is 9.54. The van der Waals surface area contributed by atoms with Gasteiger partial charge in [0, 0.05) is 6.92 Å². The summed E-state index contributed by atoms with van der Waals surface area (Å²) in [4.78, 5) is 22.4. The second-order valence-corrected chi connectivity index (χ2v) is 4.42. The number of carbonyl (C=O) groups excluding carboxylic acids is 2. The molecule has 0 atom stereocenters. The lowest BCUT2D eigenvalue weighted by molar-refractivity contribution is -0.180. The predicted octanol–water partition coefficient (Wildman–Crippen LogP) is 1.81. The van der Waals surface area contributed by atoms with Crippen LogP contribution in [0.2, 0.25) is 0 Å². The van der Waals surface area contributed by atoms with E-state index in [0.717, 1.165) is 25.7 Å². The molecule has 1 aliphatic rings. The quantitative estimate of drug-likeness (QED) is 0.672. The van der Waals surface area contributed by atoms with Gasteiger partial charge in [0.2, 0.25) is 5.60 Å². The number of hydrogen-bond donors (Lipinski definition) is 0. The molecule has 0 amide bonds. The molecule has 1 aliphatic carbocycles. The summed E-state index contributed by atoms with van der Waals surface area (Å²) < 4.78 is 10.2. The van der Waals surface area contributed by atoms with Gasteiger partial charge in [-0.1, -0.05) is 0 Å². The van der Waals surface area contributed by atoms with Crippen LogP contribution in [-0.2, 0) is 19.1 Å². The van der Waals surface area contributed by atoms with E-state index in [0.29, 0.717) is 0 Å². The molecule has 1 fully saturated rings. The molecule has 4 heteroatoms. The van der Waals surface area contributed by atoms with Gasteiger partial charge in [-0.05, 0) is 39.5 Å². The summed E-state index contributed by atoms with van der Waals surface area (Å²) in [7, 11) is 0. The molecule has 0 aliphatic heterocycles. The minimum Gasteiger partial charge on any atom is -0.459 e. The second-order valence-electron chi connectivity index (χ2n) is 4.42. The van der Waals surface area contributed by atoms with Crippen molar-refractivity contribution in [3.05, 3.63) is 0 Å². The van der Waals surface area contributed by atoms with E-state index in [1.807, 2.05) is 0 Å². The maximum absolute atomic E-state index is 11.7. The Bertz CT molecular complexity index is 251. The molecule has 86 valence electrons. The Morgan fingerprint density at radius 3 is 2.20 bits per heavy atom. The summed E-state index contributed by atoms with van der Waals surface area (Å²) in [5, 5.41) is 0. The Balaban J connectivity index is 2.46. The molecule has 0 aromatic rings. The van der Waals surface area contributed by atoms with Crippen LogP contribution in [0, 0.1) is 0 Å². The first kappa shape index (κ1) is 12.0. The Morgan fingerprint density at radius 1 is 1.20 bits per heavy atom. The van der Waals surface area contributed by atoms with E-state index in [1.165, 1.54) is 6.92 Å². The summed E-state index contributed by atoms with van der Waals surface area (Å²) >= 11 is 0. The molecule has 1 saturated carbocycles. The lowest BCUT2D eigenvalue weighted by Crippen LogP contribution is -2.39. The van der Waals surface area contributed by atoms with Gasteiger partial charge >= 0.3 is 11.9 Å². The first-order valence-electron chi connectivity index (χ1n) is 5.32. The van der Waals surface area contributed by atoms with E-state index in [1.54, 1.807) is 13.8 Å². The maximum atomic E-state index is 11.7. The van der Waals surface area contributed by atoms with E-state index in [9.17, 15) is 9.59 Å². The minimum atomic E-state index is -1.17. The van der Waals surface area contributed by atoms with Crippen LogP contribution in [0.5, 0.6) is 0 Å². The maximum Gasteiger partial charge on any atom is 0.350 e. The first-order chi connectivity index (χ1) is 6.92. The number of esters is 2. The van der Waals surface area contributed by atoms with E-state index in [4.69, 9.17) is 9.47 Å². The van der Waals surface area contributed by atoms with Crippen molar-refractivity contribution >= 4 is 11.9 Å². The third kappa shape index (κ3) is 3.53. The van der Waals surface area contributed by atoms with Crippen LogP contribution in [0.25, 0.3) is 0 Å². The van der Waals surface area contributed by atoms with Gasteiger partial charge in [-0.25, -0.2) is 4.79 Å². The molecular weight excluding hydrogens is 196 g/mol. The average Bonchev–Trinajstić information content (AvgIpc) is 2.54. The van der Waals surface area contributed by atoms with E-state index >= 15 is 0 Å². The van der Waals surface area contributed by atoms with Crippen molar-refractivity contribution < 1.29 is 19.1 Å². The summed E-state index contributed by atoms with van der Waals surface area (Å²) in [5.74, 6) is -0.923. The largest absolute Gasteiger partial charge is 0.459 e. The topological polar surface area (TPSA) is 52.6 Å². The highest BCUT2D eigenvalue weighted by atomic mass is 16.6. The molecule has 0 aromatic heterocycles. The van der Waals surface area contributed by atoms with E-state index in [2.05, 4.69) is 0 Å². The highest BCUT2D eigenvalue weighted by molar-refractivity contribution is 5.82. The van der Waals surface area contributed by atoms with E-state index in [-0.39, 0.29) is 6.10 Å². The Hall–Kier alpha value is -1.06. The molecule has 0 aromatic carbocycles. The molecule has 15 heavy (non-hydrogen) atoms. The zero-order chi connectivity index (χ0) is 11.5. The Labute approximate surface area is 89.9 Å². The van der Waals surface area contributed by atoms with Crippen molar-refractivity contribution in [1.29, 1.82) is 0 Å². The molecule has 4 nitrogen and oxygen atoms in total. The van der Waals surface area contributed by atoms with Gasteiger partial charge in [-0.15, -0.1) is 0 Å². The SMILES string of the molecule is CC(=O)OC(C)(C)C(=O)OC1CCCC1. The van der Waals surface area contributed by atoms with E-state index < -0.39 is 17.5 Å². The molecule has 0 N–H and O–H groups in total. The summed E-state index contributed by atoms with van der Waals surface area (Å²) in [6.45, 7) is 4.38. The Morgan fingerprint density at radius 2 is 1.73 bits per heavy atom. The van der Waals surface area contributed by atoms with Crippen molar-refractivity contribution in [2.45, 2.75) is 58.2 Å². The highest BCUT2D eigenvalue weighted by Gasteiger charge is 2.35. The Kier molecular flexibility index (Phi) is 3.72. The van der Waals surface area contributed by atoms with Crippen LogP contribution in [0.1, 0.15) is 46.5 Å². The number of ether oxygens (including phenoxy) is 2. The van der Waals surface area contributed by atoms with Crippen molar-refractivity contribution in [2.24, 2.45) is 0 Å². The van der Waals surface area contributed by atoms with Gasteiger partial charge in [0.1, 0.15) is 6.10 Å². The average molecular weight is 214 g/mol. The summed E-state index contributed by atoms with van der Waals surface area (Å²) in [6.07, 6.45) is 4.05. The fraction of sp³-hybridized carbons (Fsp3) is 0.818. The van der Waals surface area contributed by atoms with Crippen LogP contribution in [0.15, 0.2) is 0 Å². The van der Waals surface area contributed by atoms with Gasteiger partial charge in [-0.2, -0.15) is 0 Å². The van der Waals surface area contributed by atoms with Gasteiger partial charge in [0.15, 0.2) is 0 Å². The smallest absolute Gasteiger partial charge is 0.350 e. The predicted molar refractivity (Wildman–Crippen MR) is 54.2 cm³/mol. The molecule has 0 radical (unpaired) electrons. The summed E-state index contributed by atoms with van der Waals surface area (Å²) in [5.41, 5.74) is -1.17. The second kappa shape index (κ2) is 4.64. The summed E-state index contributed by atoms with van der Waals surface area (Å²) in [6, 6.07) is 0. The van der Waals surface area contributed by atoms with Crippen molar-refractivity contribution in [3.63, 3.8) is 0 Å². The normalized spacial score (nSPS) is 17.5. The standard InChI is InChI=1S/C11H18O4/c1-8(12)15-11(2,3)10(13)14-9-6-4-5-7-9/h9H,4-7H2,1-3H3. The van der Waals surface area contributed by atoms with Gasteiger partial charge in [0.25, 0.3) is 0 Å². The first-order valence-corrected chi connectivity index (χ1v) is 5.32. The minimum absolute atomic E-state index is 0.00679. The molecule has 0 bridgehead atoms. The van der Waals surface area contributed by atoms with Crippen molar-refractivity contribution in [3.8, 4) is 0 Å². The van der Waals surface area contributed by atoms with Crippen LogP contribution in [0.4, 0.5) is 0 Å². The van der Waals surface area contributed by atoms with Crippen LogP contribution < -0.4 is 0 Å². The fourth-order valence-corrected chi connectivity index (χ4v) is 1.70. The van der Waals surface area contributed by atoms with Crippen LogP contribution in [0.3, 0.4) is 0 Å². The zero-order valence-electron chi connectivity index (χ0n) is 9.54. The number of carbonyl (C=O) groups is 2. The molecule has 0 heterocycles. The highest BCUT2D eigenvalue weighted by Crippen LogP contribution is 2.23. The van der Waals surface area contributed by atoms with Gasteiger partial charge in [0.05, 0.1) is 0 Å². The lowest BCUT2D eigenvalue weighted by Gasteiger charge is -2.24. The molecule has 0 spiro atoms. The van der Waals surface area contributed by atoms with Crippen LogP contribution >= 0.6 is 0 Å². The van der Waals surface area contributed by atoms with Crippen LogP contribution in [-0.4, -0.2) is 23.6 Å². The third-order valence-electron chi connectivity index (χ3n) is 2.47. The third-order valence-corrected chi connectivity index (χ3v) is 2.47. The van der Waals surface area contributed by atoms with Gasteiger partial charge in [-0.3, -0.25) is 4.79 Å². The van der Waals surface area contributed by atoms with Crippen molar-refractivity contribution in [2.75, 3.05) is 0 Å². The monoisotopic (exact) mass is 214 g/mol. The van der Waals surface area contributed by atoms with Gasteiger partial charge < -0.3 is 9.47 Å². The molecule has 0 unspecified atom stereocenters. The fourth-order valence-electron chi connectivity index (χ4n) is 1.70. The molecule has 1 rings (SSSR count). The lowest BCUT2D eigenvalue weighted by atomic mass is 10.1. The van der Waals surface area contributed by atoms with Crippen molar-refractivity contribution in [1.82, 2.24) is 0 Å². The number of rotatable bonds is 3.